The van der Waals surface area contributed by atoms with Gasteiger partial charge in [0.05, 0.1) is 16.8 Å². The van der Waals surface area contributed by atoms with Crippen LogP contribution in [0.4, 0.5) is 4.79 Å². The van der Waals surface area contributed by atoms with Crippen LogP contribution in [0.5, 0.6) is 0 Å². The van der Waals surface area contributed by atoms with Crippen LogP contribution in [0.2, 0.25) is 4.34 Å². The van der Waals surface area contributed by atoms with Gasteiger partial charge < -0.3 is 15.7 Å². The summed E-state index contributed by atoms with van der Waals surface area (Å²) in [7, 11) is 0. The zero-order chi connectivity index (χ0) is 14.4. The molecule has 3 N–H and O–H groups in total. The van der Waals surface area contributed by atoms with E-state index in [0.29, 0.717) is 10.9 Å². The summed E-state index contributed by atoms with van der Waals surface area (Å²) in [4.78, 5) is 23.4. The van der Waals surface area contributed by atoms with Gasteiger partial charge in [-0.05, 0) is 18.1 Å². The Morgan fingerprint density at radius 1 is 1.37 bits per heavy atom. The Kier molecular flexibility index (Phi) is 6.11. The molecule has 0 saturated carbocycles. The highest BCUT2D eigenvalue weighted by Gasteiger charge is 2.21. The average Bonchev–Trinajstić information content (AvgIpc) is 2.71. The minimum atomic E-state index is -0.902. The number of carboxylic acids is 1. The van der Waals surface area contributed by atoms with Crippen LogP contribution >= 0.6 is 22.9 Å². The van der Waals surface area contributed by atoms with Gasteiger partial charge in [0.15, 0.2) is 0 Å². The van der Waals surface area contributed by atoms with Gasteiger partial charge in [0.1, 0.15) is 0 Å². The van der Waals surface area contributed by atoms with Gasteiger partial charge in [0, 0.05) is 11.4 Å². The number of aliphatic carboxylic acids is 1. The monoisotopic (exact) mass is 304 g/mol. The number of thiophene rings is 1. The van der Waals surface area contributed by atoms with Crippen molar-refractivity contribution in [1.82, 2.24) is 10.6 Å². The van der Waals surface area contributed by atoms with E-state index in [9.17, 15) is 9.59 Å². The highest BCUT2D eigenvalue weighted by Crippen LogP contribution is 2.20. The maximum Gasteiger partial charge on any atom is 0.315 e. The summed E-state index contributed by atoms with van der Waals surface area (Å²) in [6.07, 6.45) is 0. The van der Waals surface area contributed by atoms with E-state index in [-0.39, 0.29) is 18.5 Å². The standard InChI is InChI=1S/C12H17ClN2O3S/c1-7(2)9(11(16)17)6-15-12(18)14-5-8-3-4-10(13)19-8/h3-4,7,9H,5-6H2,1-2H3,(H,16,17)(H2,14,15,18). The molecule has 1 atom stereocenters. The normalized spacial score (nSPS) is 12.2. The number of urea groups is 1. The maximum atomic E-state index is 11.5. The molecule has 0 saturated heterocycles. The molecule has 5 nitrogen and oxygen atoms in total. The lowest BCUT2D eigenvalue weighted by Gasteiger charge is -2.16. The van der Waals surface area contributed by atoms with E-state index in [2.05, 4.69) is 10.6 Å². The van der Waals surface area contributed by atoms with Crippen LogP contribution in [0.1, 0.15) is 18.7 Å². The molecule has 1 unspecified atom stereocenters. The third-order valence-electron chi connectivity index (χ3n) is 2.66. The molecule has 0 spiro atoms. The second kappa shape index (κ2) is 7.35. The van der Waals surface area contributed by atoms with Crippen molar-refractivity contribution in [2.75, 3.05) is 6.54 Å². The first-order chi connectivity index (χ1) is 8.90. The van der Waals surface area contributed by atoms with E-state index in [1.54, 1.807) is 6.07 Å². The van der Waals surface area contributed by atoms with Crippen molar-refractivity contribution in [3.8, 4) is 0 Å². The van der Waals surface area contributed by atoms with Crippen molar-refractivity contribution < 1.29 is 14.7 Å². The number of carboxylic acid groups (broad SMARTS) is 1. The number of hydrogen-bond acceptors (Lipinski definition) is 3. The molecular formula is C12H17ClN2O3S. The van der Waals surface area contributed by atoms with E-state index < -0.39 is 11.9 Å². The summed E-state index contributed by atoms with van der Waals surface area (Å²) >= 11 is 7.17. The maximum absolute atomic E-state index is 11.5. The zero-order valence-electron chi connectivity index (χ0n) is 10.8. The number of amides is 2. The van der Waals surface area contributed by atoms with E-state index in [1.165, 1.54) is 11.3 Å². The number of nitrogens with one attached hydrogen (secondary N) is 2. The van der Waals surface area contributed by atoms with Crippen molar-refractivity contribution in [2.24, 2.45) is 11.8 Å². The van der Waals surface area contributed by atoms with Gasteiger partial charge in [-0.3, -0.25) is 4.79 Å². The Bertz CT molecular complexity index is 448. The Labute approximate surface area is 121 Å². The molecule has 0 aliphatic carbocycles. The van der Waals surface area contributed by atoms with Crippen LogP contribution in [-0.2, 0) is 11.3 Å². The van der Waals surface area contributed by atoms with Gasteiger partial charge in [-0.1, -0.05) is 25.4 Å². The first-order valence-corrected chi connectivity index (χ1v) is 7.08. The van der Waals surface area contributed by atoms with Crippen molar-refractivity contribution in [1.29, 1.82) is 0 Å². The third kappa shape index (κ3) is 5.48. The zero-order valence-corrected chi connectivity index (χ0v) is 12.3. The molecule has 19 heavy (non-hydrogen) atoms. The molecule has 7 heteroatoms. The van der Waals surface area contributed by atoms with Crippen LogP contribution < -0.4 is 10.6 Å². The van der Waals surface area contributed by atoms with Gasteiger partial charge in [-0.25, -0.2) is 4.79 Å². The van der Waals surface area contributed by atoms with Crippen molar-refractivity contribution in [2.45, 2.75) is 20.4 Å². The third-order valence-corrected chi connectivity index (χ3v) is 3.89. The molecule has 2 amide bonds. The minimum absolute atomic E-state index is 0.0334. The molecule has 1 heterocycles. The highest BCUT2D eigenvalue weighted by atomic mass is 35.5. The number of carbonyl (C=O) groups is 2. The van der Waals surface area contributed by atoms with Crippen LogP contribution in [-0.4, -0.2) is 23.7 Å². The average molecular weight is 305 g/mol. The quantitative estimate of drug-likeness (QED) is 0.756. The smallest absolute Gasteiger partial charge is 0.315 e. The summed E-state index contributed by atoms with van der Waals surface area (Å²) in [6.45, 7) is 4.12. The molecule has 0 radical (unpaired) electrons. The first-order valence-electron chi connectivity index (χ1n) is 5.89. The highest BCUT2D eigenvalue weighted by molar-refractivity contribution is 7.16. The molecule has 1 aromatic rings. The van der Waals surface area contributed by atoms with Crippen LogP contribution in [0.15, 0.2) is 12.1 Å². The predicted molar refractivity (Wildman–Crippen MR) is 75.5 cm³/mol. The van der Waals surface area contributed by atoms with Crippen LogP contribution in [0, 0.1) is 11.8 Å². The van der Waals surface area contributed by atoms with Crippen molar-refractivity contribution >= 4 is 34.9 Å². The Morgan fingerprint density at radius 3 is 2.53 bits per heavy atom. The lowest BCUT2D eigenvalue weighted by Crippen LogP contribution is -2.40. The molecule has 0 aromatic carbocycles. The molecule has 0 aliphatic rings. The fraction of sp³-hybridized carbons (Fsp3) is 0.500. The van der Waals surface area contributed by atoms with E-state index in [0.717, 1.165) is 4.88 Å². The Hall–Kier alpha value is -1.27. The van der Waals surface area contributed by atoms with E-state index in [1.807, 2.05) is 19.9 Å². The number of rotatable bonds is 6. The minimum Gasteiger partial charge on any atom is -0.481 e. The van der Waals surface area contributed by atoms with Gasteiger partial charge in [-0.15, -0.1) is 11.3 Å². The number of carbonyl (C=O) groups excluding carboxylic acids is 1. The summed E-state index contributed by atoms with van der Waals surface area (Å²) in [5, 5.41) is 14.2. The molecule has 0 aliphatic heterocycles. The topological polar surface area (TPSA) is 78.4 Å². The lowest BCUT2D eigenvalue weighted by atomic mass is 9.96. The van der Waals surface area contributed by atoms with Crippen molar-refractivity contribution in [3.63, 3.8) is 0 Å². The first kappa shape index (κ1) is 15.8. The van der Waals surface area contributed by atoms with Crippen LogP contribution in [0.3, 0.4) is 0 Å². The molecule has 0 bridgehead atoms. The van der Waals surface area contributed by atoms with E-state index in [4.69, 9.17) is 16.7 Å². The van der Waals surface area contributed by atoms with Gasteiger partial charge in [0.25, 0.3) is 0 Å². The molecule has 1 rings (SSSR count). The van der Waals surface area contributed by atoms with Gasteiger partial charge in [-0.2, -0.15) is 0 Å². The SMILES string of the molecule is CC(C)C(CNC(=O)NCc1ccc(Cl)s1)C(=O)O. The summed E-state index contributed by atoms with van der Waals surface area (Å²) < 4.78 is 0.669. The van der Waals surface area contributed by atoms with Gasteiger partial charge >= 0.3 is 12.0 Å². The second-order valence-electron chi connectivity index (χ2n) is 4.46. The summed E-state index contributed by atoms with van der Waals surface area (Å²) in [5.74, 6) is -1.52. The number of halogens is 1. The predicted octanol–water partition coefficient (Wildman–Crippen LogP) is 2.56. The summed E-state index contributed by atoms with van der Waals surface area (Å²) in [5.41, 5.74) is 0. The van der Waals surface area contributed by atoms with Crippen molar-refractivity contribution in [3.05, 3.63) is 21.3 Å². The Balaban J connectivity index is 2.33. The van der Waals surface area contributed by atoms with Gasteiger partial charge in [0.2, 0.25) is 0 Å². The molecule has 1 aromatic heterocycles. The number of hydrogen-bond donors (Lipinski definition) is 3. The fourth-order valence-corrected chi connectivity index (χ4v) is 2.51. The second-order valence-corrected chi connectivity index (χ2v) is 6.26. The lowest BCUT2D eigenvalue weighted by molar-refractivity contribution is -0.142. The van der Waals surface area contributed by atoms with Crippen LogP contribution in [0.25, 0.3) is 0 Å². The molecular weight excluding hydrogens is 288 g/mol. The largest absolute Gasteiger partial charge is 0.481 e. The molecule has 0 fully saturated rings. The Morgan fingerprint density at radius 2 is 2.05 bits per heavy atom. The fourth-order valence-electron chi connectivity index (χ4n) is 1.49. The van der Waals surface area contributed by atoms with E-state index >= 15 is 0 Å². The molecule has 106 valence electrons. The summed E-state index contributed by atoms with van der Waals surface area (Å²) in [6, 6.07) is 3.22.